The summed E-state index contributed by atoms with van der Waals surface area (Å²) in [6.45, 7) is 1.21. The average molecular weight is 444 g/mol. The van der Waals surface area contributed by atoms with Crippen molar-refractivity contribution >= 4 is 22.8 Å². The number of H-pyrrole nitrogens is 1. The summed E-state index contributed by atoms with van der Waals surface area (Å²) in [5.74, 6) is 0.543. The van der Waals surface area contributed by atoms with E-state index >= 15 is 0 Å². The molecule has 0 aliphatic carbocycles. The Hall–Kier alpha value is -4.08. The molecule has 4 heterocycles. The minimum absolute atomic E-state index is 0.0265. The predicted molar refractivity (Wildman–Crippen MR) is 124 cm³/mol. The fourth-order valence-corrected chi connectivity index (χ4v) is 4.22. The van der Waals surface area contributed by atoms with Gasteiger partial charge in [0.05, 0.1) is 10.9 Å². The van der Waals surface area contributed by atoms with E-state index < -0.39 is 0 Å². The van der Waals surface area contributed by atoms with Crippen LogP contribution in [0, 0.1) is 0 Å². The van der Waals surface area contributed by atoms with E-state index in [1.165, 1.54) is 0 Å². The second kappa shape index (κ2) is 8.45. The summed E-state index contributed by atoms with van der Waals surface area (Å²) in [6.07, 6.45) is 6.50. The highest BCUT2D eigenvalue weighted by Crippen LogP contribution is 2.27. The fraction of sp³-hybridized carbons (Fsp3) is 0.304. The van der Waals surface area contributed by atoms with Gasteiger partial charge in [-0.15, -0.1) is 10.2 Å². The number of amides is 1. The number of pyridine rings is 1. The lowest BCUT2D eigenvalue weighted by Gasteiger charge is -2.33. The van der Waals surface area contributed by atoms with Crippen molar-refractivity contribution in [3.8, 4) is 5.69 Å². The molecule has 1 N–H and O–H groups in total. The number of anilines is 1. The Labute approximate surface area is 189 Å². The van der Waals surface area contributed by atoms with E-state index in [2.05, 4.69) is 25.1 Å². The first-order chi connectivity index (χ1) is 16.0. The Morgan fingerprint density at radius 1 is 1.18 bits per heavy atom. The Morgan fingerprint density at radius 2 is 2.00 bits per heavy atom. The SMILES string of the molecule is CN(C)c1ncc2c(=O)[nH]c(C3CCCN(C(=O)c4cccc(-n5cnnc5)c4)C3)cc2n1. The smallest absolute Gasteiger partial charge is 0.259 e. The van der Waals surface area contributed by atoms with Crippen LogP contribution in [0.15, 0.2) is 54.0 Å². The Morgan fingerprint density at radius 3 is 2.79 bits per heavy atom. The number of benzene rings is 1. The molecule has 0 bridgehead atoms. The molecule has 1 atom stereocenters. The Kier molecular flexibility index (Phi) is 5.33. The fourth-order valence-electron chi connectivity index (χ4n) is 4.22. The summed E-state index contributed by atoms with van der Waals surface area (Å²) in [4.78, 5) is 41.4. The van der Waals surface area contributed by atoms with Crippen LogP contribution >= 0.6 is 0 Å². The molecule has 1 aromatic carbocycles. The van der Waals surface area contributed by atoms with Gasteiger partial charge in [-0.1, -0.05) is 6.07 Å². The van der Waals surface area contributed by atoms with Gasteiger partial charge in [0.2, 0.25) is 5.95 Å². The zero-order valence-electron chi connectivity index (χ0n) is 18.5. The van der Waals surface area contributed by atoms with Gasteiger partial charge in [0, 0.05) is 56.2 Å². The summed E-state index contributed by atoms with van der Waals surface area (Å²) >= 11 is 0. The number of aromatic nitrogens is 6. The summed E-state index contributed by atoms with van der Waals surface area (Å²) in [5.41, 5.74) is 2.63. The van der Waals surface area contributed by atoms with Gasteiger partial charge >= 0.3 is 0 Å². The summed E-state index contributed by atoms with van der Waals surface area (Å²) in [6, 6.07) is 9.33. The highest BCUT2D eigenvalue weighted by molar-refractivity contribution is 5.95. The molecule has 33 heavy (non-hydrogen) atoms. The first kappa shape index (κ1) is 20.8. The van der Waals surface area contributed by atoms with E-state index in [1.807, 2.05) is 49.3 Å². The van der Waals surface area contributed by atoms with E-state index in [4.69, 9.17) is 0 Å². The molecule has 0 saturated carbocycles. The van der Waals surface area contributed by atoms with Crippen LogP contribution in [-0.2, 0) is 0 Å². The molecule has 4 aromatic rings. The second-order valence-electron chi connectivity index (χ2n) is 8.43. The van der Waals surface area contributed by atoms with Crippen molar-refractivity contribution in [2.45, 2.75) is 18.8 Å². The molecule has 1 saturated heterocycles. The van der Waals surface area contributed by atoms with Gasteiger partial charge in [-0.05, 0) is 37.1 Å². The molecule has 5 rings (SSSR count). The van der Waals surface area contributed by atoms with E-state index in [-0.39, 0.29) is 17.4 Å². The standard InChI is InChI=1S/C23H24N8O2/c1-29(2)23-24-11-18-20(28-23)10-19(27-21(18)32)16-6-4-8-30(12-16)22(33)15-5-3-7-17(9-15)31-13-25-26-14-31/h3,5,7,9-11,13-14,16H,4,6,8,12H2,1-2H3,(H,27,32). The van der Waals surface area contributed by atoms with E-state index in [9.17, 15) is 9.59 Å². The molecule has 168 valence electrons. The summed E-state index contributed by atoms with van der Waals surface area (Å²) < 4.78 is 1.76. The van der Waals surface area contributed by atoms with Crippen molar-refractivity contribution in [3.63, 3.8) is 0 Å². The predicted octanol–water partition coefficient (Wildman–Crippen LogP) is 1.98. The van der Waals surface area contributed by atoms with E-state index in [0.717, 1.165) is 24.2 Å². The number of carbonyl (C=O) groups excluding carboxylic acids is 1. The lowest BCUT2D eigenvalue weighted by atomic mass is 9.93. The van der Waals surface area contributed by atoms with E-state index in [1.54, 1.807) is 28.3 Å². The van der Waals surface area contributed by atoms with Gasteiger partial charge in [-0.2, -0.15) is 0 Å². The normalized spacial score (nSPS) is 16.2. The first-order valence-corrected chi connectivity index (χ1v) is 10.8. The molecule has 1 aliphatic heterocycles. The number of piperidine rings is 1. The average Bonchev–Trinajstić information content (AvgIpc) is 3.38. The minimum Gasteiger partial charge on any atom is -0.347 e. The number of fused-ring (bicyclic) bond motifs is 1. The van der Waals surface area contributed by atoms with Crippen LogP contribution in [0.1, 0.15) is 34.8 Å². The quantitative estimate of drug-likeness (QED) is 0.512. The highest BCUT2D eigenvalue weighted by atomic mass is 16.2. The van der Waals surface area contributed by atoms with Gasteiger partial charge in [0.25, 0.3) is 11.5 Å². The maximum Gasteiger partial charge on any atom is 0.259 e. The Bertz CT molecular complexity index is 1360. The van der Waals surface area contributed by atoms with Crippen molar-refractivity contribution in [2.24, 2.45) is 0 Å². The van der Waals surface area contributed by atoms with Gasteiger partial charge < -0.3 is 14.8 Å². The number of likely N-dealkylation sites (tertiary alicyclic amines) is 1. The van der Waals surface area contributed by atoms with Crippen LogP contribution in [0.25, 0.3) is 16.6 Å². The zero-order chi connectivity index (χ0) is 22.9. The van der Waals surface area contributed by atoms with Gasteiger partial charge in [0.15, 0.2) is 0 Å². The van der Waals surface area contributed by atoms with Crippen molar-refractivity contribution in [3.05, 3.63) is 70.8 Å². The van der Waals surface area contributed by atoms with Gasteiger partial charge in [-0.3, -0.25) is 14.2 Å². The molecule has 3 aromatic heterocycles. The maximum absolute atomic E-state index is 13.3. The maximum atomic E-state index is 13.3. The monoisotopic (exact) mass is 444 g/mol. The van der Waals surface area contributed by atoms with Crippen LogP contribution < -0.4 is 10.5 Å². The molecular weight excluding hydrogens is 420 g/mol. The van der Waals surface area contributed by atoms with Crippen molar-refractivity contribution < 1.29 is 4.79 Å². The van der Waals surface area contributed by atoms with Gasteiger partial charge in [0.1, 0.15) is 12.7 Å². The summed E-state index contributed by atoms with van der Waals surface area (Å²) in [7, 11) is 3.72. The third kappa shape index (κ3) is 4.07. The van der Waals surface area contributed by atoms with E-state index in [0.29, 0.717) is 35.5 Å². The largest absolute Gasteiger partial charge is 0.347 e. The van der Waals surface area contributed by atoms with Crippen LogP contribution in [0.4, 0.5) is 5.95 Å². The number of nitrogens with one attached hydrogen (secondary N) is 1. The van der Waals surface area contributed by atoms with Crippen LogP contribution in [0.5, 0.6) is 0 Å². The number of rotatable bonds is 4. The third-order valence-corrected chi connectivity index (χ3v) is 5.96. The lowest BCUT2D eigenvalue weighted by Crippen LogP contribution is -2.39. The summed E-state index contributed by atoms with van der Waals surface area (Å²) in [5, 5.41) is 8.11. The number of hydrogen-bond donors (Lipinski definition) is 1. The molecule has 10 nitrogen and oxygen atoms in total. The molecule has 10 heteroatoms. The van der Waals surface area contributed by atoms with Crippen LogP contribution in [-0.4, -0.2) is 67.7 Å². The molecular formula is C23H24N8O2. The second-order valence-corrected chi connectivity index (χ2v) is 8.43. The third-order valence-electron chi connectivity index (χ3n) is 5.96. The zero-order valence-corrected chi connectivity index (χ0v) is 18.5. The number of hydrogen-bond acceptors (Lipinski definition) is 7. The first-order valence-electron chi connectivity index (χ1n) is 10.8. The lowest BCUT2D eigenvalue weighted by molar-refractivity contribution is 0.0706. The van der Waals surface area contributed by atoms with Crippen molar-refractivity contribution in [1.29, 1.82) is 0 Å². The van der Waals surface area contributed by atoms with Crippen LogP contribution in [0.3, 0.4) is 0 Å². The van der Waals surface area contributed by atoms with Crippen molar-refractivity contribution in [1.82, 2.24) is 34.6 Å². The van der Waals surface area contributed by atoms with Crippen LogP contribution in [0.2, 0.25) is 0 Å². The minimum atomic E-state index is -0.210. The highest BCUT2D eigenvalue weighted by Gasteiger charge is 2.27. The van der Waals surface area contributed by atoms with Crippen molar-refractivity contribution in [2.75, 3.05) is 32.1 Å². The molecule has 1 aliphatic rings. The number of carbonyl (C=O) groups is 1. The van der Waals surface area contributed by atoms with Gasteiger partial charge in [-0.25, -0.2) is 9.97 Å². The molecule has 0 radical (unpaired) electrons. The molecule has 0 spiro atoms. The number of nitrogens with zero attached hydrogens (tertiary/aromatic N) is 7. The Balaban J connectivity index is 1.41. The topological polar surface area (TPSA) is 113 Å². The number of aromatic amines is 1. The molecule has 1 fully saturated rings. The molecule has 1 unspecified atom stereocenters. The molecule has 1 amide bonds.